The molecule has 3 heterocycles. The van der Waals surface area contributed by atoms with Crippen molar-refractivity contribution in [3.63, 3.8) is 0 Å². The highest BCUT2D eigenvalue weighted by molar-refractivity contribution is 8.04. The van der Waals surface area contributed by atoms with E-state index in [0.29, 0.717) is 27.8 Å². The van der Waals surface area contributed by atoms with Gasteiger partial charge in [0.05, 0.1) is 17.0 Å². The number of hydrogen-bond acceptors (Lipinski definition) is 5. The molecule has 190 valence electrons. The van der Waals surface area contributed by atoms with E-state index in [4.69, 9.17) is 23.2 Å². The fourth-order valence-electron chi connectivity index (χ4n) is 5.66. The molecule has 3 aliphatic heterocycles. The van der Waals surface area contributed by atoms with Gasteiger partial charge in [-0.2, -0.15) is 0 Å². The van der Waals surface area contributed by atoms with E-state index in [9.17, 15) is 14.7 Å². The van der Waals surface area contributed by atoms with Crippen molar-refractivity contribution in [3.8, 4) is 0 Å². The van der Waals surface area contributed by atoms with Gasteiger partial charge in [-0.1, -0.05) is 73.1 Å². The van der Waals surface area contributed by atoms with Crippen LogP contribution in [0.3, 0.4) is 0 Å². The minimum Gasteiger partial charge on any atom is -0.480 e. The number of carbonyl (C=O) groups is 2. The monoisotopic (exact) mass is 545 g/mol. The third-order valence-corrected chi connectivity index (χ3v) is 9.01. The van der Waals surface area contributed by atoms with Gasteiger partial charge in [0.1, 0.15) is 11.5 Å². The zero-order chi connectivity index (χ0) is 25.7. The number of aliphatic carboxylic acids is 1. The van der Waals surface area contributed by atoms with Gasteiger partial charge in [0, 0.05) is 21.8 Å². The first kappa shape index (κ1) is 25.5. The van der Waals surface area contributed by atoms with Crippen LogP contribution >= 0.6 is 35.0 Å². The van der Waals surface area contributed by atoms with E-state index in [2.05, 4.69) is 24.1 Å². The van der Waals surface area contributed by atoms with E-state index >= 15 is 0 Å². The Hall–Kier alpha value is -2.19. The Labute approximate surface area is 225 Å². The first-order chi connectivity index (χ1) is 17.2. The Kier molecular flexibility index (Phi) is 7.03. The van der Waals surface area contributed by atoms with Crippen molar-refractivity contribution < 1.29 is 14.7 Å². The third-order valence-electron chi connectivity index (χ3n) is 7.30. The molecule has 0 radical (unpaired) electrons. The second-order valence-corrected chi connectivity index (χ2v) is 11.9. The summed E-state index contributed by atoms with van der Waals surface area (Å²) in [5.74, 6) is -1.07. The van der Waals surface area contributed by atoms with E-state index in [0.717, 1.165) is 16.8 Å². The number of rotatable bonds is 5. The average molecular weight is 547 g/mol. The van der Waals surface area contributed by atoms with Crippen LogP contribution in [0.1, 0.15) is 56.8 Å². The predicted octanol–water partition coefficient (Wildman–Crippen LogP) is 6.04. The number of allylic oxidation sites excluding steroid dienone is 1. The largest absolute Gasteiger partial charge is 0.480 e. The summed E-state index contributed by atoms with van der Waals surface area (Å²) in [6.45, 7) is 6.10. The van der Waals surface area contributed by atoms with Gasteiger partial charge in [0.2, 0.25) is 0 Å². The number of amides is 1. The smallest absolute Gasteiger partial charge is 0.326 e. The molecule has 6 nitrogen and oxygen atoms in total. The van der Waals surface area contributed by atoms with Gasteiger partial charge in [-0.05, 0) is 61.1 Å². The molecule has 2 saturated heterocycles. The molecule has 2 unspecified atom stereocenters. The zero-order valence-electron chi connectivity index (χ0n) is 20.3. The molecule has 0 saturated carbocycles. The second kappa shape index (κ2) is 9.93. The summed E-state index contributed by atoms with van der Waals surface area (Å²) in [5, 5.41) is 14.8. The van der Waals surface area contributed by atoms with Gasteiger partial charge in [-0.15, -0.1) is 0 Å². The lowest BCUT2D eigenvalue weighted by atomic mass is 9.92. The number of likely N-dealkylation sites (tertiary alicyclic amines) is 1. The molecule has 36 heavy (non-hydrogen) atoms. The minimum absolute atomic E-state index is 0.0381. The molecular weight excluding hydrogens is 517 g/mol. The third kappa shape index (κ3) is 4.40. The maximum atomic E-state index is 13.9. The molecule has 1 amide bonds. The number of thioether (sulfide) groups is 1. The highest BCUT2D eigenvalue weighted by atomic mass is 35.5. The average Bonchev–Trinajstić information content (AvgIpc) is 3.51. The van der Waals surface area contributed by atoms with Crippen molar-refractivity contribution in [2.75, 3.05) is 0 Å². The molecule has 0 spiro atoms. The van der Waals surface area contributed by atoms with E-state index in [1.165, 1.54) is 11.8 Å². The quantitative estimate of drug-likeness (QED) is 0.476. The lowest BCUT2D eigenvalue weighted by Gasteiger charge is -2.33. The highest BCUT2D eigenvalue weighted by Crippen LogP contribution is 2.54. The first-order valence-corrected chi connectivity index (χ1v) is 13.8. The number of nitrogens with one attached hydrogen (secondary N) is 1. The molecule has 5 rings (SSSR count). The lowest BCUT2D eigenvalue weighted by Crippen LogP contribution is -2.44. The van der Waals surface area contributed by atoms with Gasteiger partial charge in [0.15, 0.2) is 0 Å². The van der Waals surface area contributed by atoms with Crippen molar-refractivity contribution in [1.82, 2.24) is 15.1 Å². The molecule has 2 aromatic rings. The summed E-state index contributed by atoms with van der Waals surface area (Å²) in [7, 11) is 0. The summed E-state index contributed by atoms with van der Waals surface area (Å²) in [6.07, 6.45) is 1.17. The minimum atomic E-state index is -0.942. The molecule has 3 aliphatic rings. The Balaban J connectivity index is 1.59. The van der Waals surface area contributed by atoms with E-state index in [-0.39, 0.29) is 35.4 Å². The van der Waals surface area contributed by atoms with Gasteiger partial charge in [-0.25, -0.2) is 4.79 Å². The molecular formula is C27H29Cl2N3O3S. The van der Waals surface area contributed by atoms with Crippen LogP contribution in [0, 0.1) is 5.92 Å². The topological polar surface area (TPSA) is 72.9 Å². The Morgan fingerprint density at radius 3 is 2.14 bits per heavy atom. The standard InChI is InChI=1S/C27H29Cl2N3O3S/c1-14(2)22-24(25(33)31-15(3)4-13-20(31)26(34)35)36-27-30-21(16-5-9-18(28)10-6-16)23(32(22)27)17-7-11-19(29)12-8-17/h5-12,14-15,20-21,23,27,30H,4,13H2,1-3H3,(H,34,35)/t15-,20+,21?,23-,27?/m1/s1. The van der Waals surface area contributed by atoms with Crippen LogP contribution in [0.5, 0.6) is 0 Å². The predicted molar refractivity (Wildman–Crippen MR) is 144 cm³/mol. The zero-order valence-corrected chi connectivity index (χ0v) is 22.6. The van der Waals surface area contributed by atoms with Crippen molar-refractivity contribution in [2.24, 2.45) is 5.92 Å². The van der Waals surface area contributed by atoms with Crippen LogP contribution < -0.4 is 5.32 Å². The van der Waals surface area contributed by atoms with Crippen LogP contribution in [-0.4, -0.2) is 44.4 Å². The van der Waals surface area contributed by atoms with Crippen molar-refractivity contribution >= 4 is 46.8 Å². The van der Waals surface area contributed by atoms with Crippen LogP contribution in [0.2, 0.25) is 10.0 Å². The Morgan fingerprint density at radius 2 is 1.58 bits per heavy atom. The van der Waals surface area contributed by atoms with E-state index < -0.39 is 12.0 Å². The number of benzene rings is 2. The van der Waals surface area contributed by atoms with Crippen LogP contribution in [-0.2, 0) is 9.59 Å². The number of hydrogen-bond donors (Lipinski definition) is 2. The van der Waals surface area contributed by atoms with Crippen molar-refractivity contribution in [2.45, 2.75) is 63.3 Å². The van der Waals surface area contributed by atoms with Gasteiger partial charge >= 0.3 is 5.97 Å². The van der Waals surface area contributed by atoms with Gasteiger partial charge < -0.3 is 14.9 Å². The van der Waals surface area contributed by atoms with Crippen LogP contribution in [0.4, 0.5) is 0 Å². The molecule has 0 aliphatic carbocycles. The van der Waals surface area contributed by atoms with Crippen molar-refractivity contribution in [3.05, 3.63) is 80.3 Å². The van der Waals surface area contributed by atoms with E-state index in [1.807, 2.05) is 55.5 Å². The summed E-state index contributed by atoms with van der Waals surface area (Å²) >= 11 is 13.9. The number of carbonyl (C=O) groups excluding carboxylic acids is 1. The maximum Gasteiger partial charge on any atom is 0.326 e. The van der Waals surface area contributed by atoms with Crippen LogP contribution in [0.25, 0.3) is 0 Å². The molecule has 2 N–H and O–H groups in total. The molecule has 9 heteroatoms. The summed E-state index contributed by atoms with van der Waals surface area (Å²) < 4.78 is 0. The van der Waals surface area contributed by atoms with Gasteiger partial charge in [-0.3, -0.25) is 10.1 Å². The lowest BCUT2D eigenvalue weighted by molar-refractivity contribution is -0.147. The Bertz CT molecular complexity index is 1200. The number of halogens is 2. The highest BCUT2D eigenvalue weighted by Gasteiger charge is 2.51. The number of carboxylic acid groups (broad SMARTS) is 1. The first-order valence-electron chi connectivity index (χ1n) is 12.2. The maximum absolute atomic E-state index is 13.9. The van der Waals surface area contributed by atoms with Crippen molar-refractivity contribution in [1.29, 1.82) is 0 Å². The van der Waals surface area contributed by atoms with Crippen LogP contribution in [0.15, 0.2) is 59.1 Å². The Morgan fingerprint density at radius 1 is 1.00 bits per heavy atom. The van der Waals surface area contributed by atoms with E-state index in [1.54, 1.807) is 4.90 Å². The SMILES string of the molecule is CC(C)C1=C(C(=O)N2[C@H](C)CC[C@H]2C(=O)O)SC2NC(c3ccc(Cl)cc3)[C@@H](c3ccc(Cl)cc3)N12. The molecule has 5 atom stereocenters. The fraction of sp³-hybridized carbons (Fsp3) is 0.407. The molecule has 0 aromatic heterocycles. The molecule has 2 aromatic carbocycles. The fourth-order valence-corrected chi connectivity index (χ4v) is 7.37. The summed E-state index contributed by atoms with van der Waals surface area (Å²) in [6, 6.07) is 14.7. The second-order valence-electron chi connectivity index (χ2n) is 9.93. The summed E-state index contributed by atoms with van der Waals surface area (Å²) in [4.78, 5) is 30.3. The number of carboxylic acids is 1. The van der Waals surface area contributed by atoms with Gasteiger partial charge in [0.25, 0.3) is 5.91 Å². The number of fused-ring (bicyclic) bond motifs is 1. The number of nitrogens with zero attached hydrogens (tertiary/aromatic N) is 2. The summed E-state index contributed by atoms with van der Waals surface area (Å²) in [5.41, 5.74) is 2.97. The normalized spacial score (nSPS) is 27.8. The molecule has 2 fully saturated rings. The molecule has 0 bridgehead atoms.